The average molecular weight is 592 g/mol. The zero-order valence-corrected chi connectivity index (χ0v) is 25.0. The Kier molecular flexibility index (Phi) is 8.70. The van der Waals surface area contributed by atoms with E-state index < -0.39 is 17.8 Å². The summed E-state index contributed by atoms with van der Waals surface area (Å²) in [7, 11) is 3.06. The number of fused-ring (bicyclic) bond motifs is 2. The summed E-state index contributed by atoms with van der Waals surface area (Å²) in [4.78, 5) is 42.9. The van der Waals surface area contributed by atoms with Crippen molar-refractivity contribution in [3.8, 4) is 28.2 Å². The van der Waals surface area contributed by atoms with Crippen LogP contribution in [0.3, 0.4) is 0 Å². The molecule has 2 heterocycles. The van der Waals surface area contributed by atoms with E-state index in [9.17, 15) is 14.4 Å². The van der Waals surface area contributed by atoms with Crippen molar-refractivity contribution >= 4 is 50.3 Å². The lowest BCUT2D eigenvalue weighted by atomic mass is 9.93. The van der Waals surface area contributed by atoms with Gasteiger partial charge in [-0.2, -0.15) is 0 Å². The fraction of sp³-hybridized carbons (Fsp3) is 0.290. The largest absolute Gasteiger partial charge is 0.494 e. The molecule has 1 aliphatic carbocycles. The highest BCUT2D eigenvalue weighted by atomic mass is 33.1. The van der Waals surface area contributed by atoms with Gasteiger partial charge in [0.05, 0.1) is 18.2 Å². The standard InChI is InChI=1S/C31H31N2O6S2/c1-5-32(6-2)20-9-12-22-25(17-20)38-26-18-21(37-7-3)10-13-23(26)30(22)24-11-8-19(16-27(24)41-40-4)31(36)39-33-28(34)14-15-29(33)35/h8-13,16-18H,5-7,14-15H2,1-4H3/q+1. The predicted octanol–water partition coefficient (Wildman–Crippen LogP) is 6.01. The summed E-state index contributed by atoms with van der Waals surface area (Å²) >= 11 is 0. The van der Waals surface area contributed by atoms with Gasteiger partial charge in [0.15, 0.2) is 0 Å². The first-order valence-corrected chi connectivity index (χ1v) is 16.1. The Morgan fingerprint density at radius 3 is 2.37 bits per heavy atom. The van der Waals surface area contributed by atoms with Crippen molar-refractivity contribution in [1.29, 1.82) is 0 Å². The number of hydroxylamine groups is 2. The maximum atomic E-state index is 13.0. The van der Waals surface area contributed by atoms with Crippen LogP contribution in [0.1, 0.15) is 44.0 Å². The first-order valence-electron chi connectivity index (χ1n) is 13.5. The maximum absolute atomic E-state index is 13.0. The van der Waals surface area contributed by atoms with E-state index in [1.165, 1.54) is 10.8 Å². The van der Waals surface area contributed by atoms with Crippen LogP contribution < -0.4 is 14.7 Å². The van der Waals surface area contributed by atoms with E-state index in [2.05, 4.69) is 36.6 Å². The van der Waals surface area contributed by atoms with Crippen LogP contribution in [-0.4, -0.2) is 48.8 Å². The Labute approximate surface area is 246 Å². The summed E-state index contributed by atoms with van der Waals surface area (Å²) in [5, 5.41) is 2.55. The third-order valence-corrected chi connectivity index (χ3v) is 8.68. The molecule has 8 nitrogen and oxygen atoms in total. The Bertz CT molecular complexity index is 1670. The van der Waals surface area contributed by atoms with Gasteiger partial charge in [0, 0.05) is 46.4 Å². The number of amides is 2. The molecule has 0 atom stereocenters. The molecule has 212 valence electrons. The highest BCUT2D eigenvalue weighted by Gasteiger charge is 2.33. The minimum Gasteiger partial charge on any atom is -0.494 e. The molecule has 2 aromatic rings. The van der Waals surface area contributed by atoms with Gasteiger partial charge in [0.1, 0.15) is 30.2 Å². The summed E-state index contributed by atoms with van der Waals surface area (Å²) in [6, 6.07) is 17.4. The molecule has 0 spiro atoms. The van der Waals surface area contributed by atoms with Gasteiger partial charge in [-0.25, -0.2) is 9.37 Å². The molecule has 0 N–H and O–H groups in total. The van der Waals surface area contributed by atoms with Crippen LogP contribution in [0.2, 0.25) is 0 Å². The third-order valence-electron chi connectivity index (χ3n) is 6.96. The zero-order chi connectivity index (χ0) is 29.1. The molecule has 0 aromatic heterocycles. The molecule has 0 bridgehead atoms. The minimum absolute atomic E-state index is 0.0405. The summed E-state index contributed by atoms with van der Waals surface area (Å²) < 4.78 is 14.5. The van der Waals surface area contributed by atoms with Crippen LogP contribution in [0.5, 0.6) is 5.75 Å². The van der Waals surface area contributed by atoms with Gasteiger partial charge in [0.25, 0.3) is 11.8 Å². The molecular weight excluding hydrogens is 560 g/mol. The second-order valence-electron chi connectivity index (χ2n) is 9.34. The number of hydrogen-bond acceptors (Lipinski definition) is 8. The summed E-state index contributed by atoms with van der Waals surface area (Å²) in [5.74, 6) is -0.330. The number of rotatable bonds is 9. The Balaban J connectivity index is 1.70. The molecule has 3 aliphatic rings. The van der Waals surface area contributed by atoms with E-state index in [4.69, 9.17) is 14.0 Å². The fourth-order valence-corrected chi connectivity index (χ4v) is 6.57. The maximum Gasteiger partial charge on any atom is 0.363 e. The molecule has 2 amide bonds. The van der Waals surface area contributed by atoms with Gasteiger partial charge < -0.3 is 14.0 Å². The van der Waals surface area contributed by atoms with E-state index in [1.54, 1.807) is 22.9 Å². The van der Waals surface area contributed by atoms with Gasteiger partial charge in [-0.15, -0.1) is 5.06 Å². The zero-order valence-electron chi connectivity index (χ0n) is 23.4. The normalized spacial score (nSPS) is 13.3. The lowest BCUT2D eigenvalue weighted by Gasteiger charge is -2.19. The number of carbonyl (C=O) groups is 3. The van der Waals surface area contributed by atoms with E-state index in [-0.39, 0.29) is 18.4 Å². The molecule has 5 rings (SSSR count). The van der Waals surface area contributed by atoms with E-state index >= 15 is 0 Å². The highest BCUT2D eigenvalue weighted by Crippen LogP contribution is 2.46. The van der Waals surface area contributed by atoms with Crippen LogP contribution >= 0.6 is 21.6 Å². The van der Waals surface area contributed by atoms with Crippen LogP contribution in [0.4, 0.5) is 0 Å². The third kappa shape index (κ3) is 5.71. The fourth-order valence-electron chi connectivity index (χ4n) is 5.00. The molecule has 10 heteroatoms. The quantitative estimate of drug-likeness (QED) is 0.101. The highest BCUT2D eigenvalue weighted by molar-refractivity contribution is 8.76. The number of benzene rings is 3. The van der Waals surface area contributed by atoms with Crippen LogP contribution in [0, 0.1) is 0 Å². The lowest BCUT2D eigenvalue weighted by Crippen LogP contribution is -2.32. The molecule has 1 saturated heterocycles. The van der Waals surface area contributed by atoms with Crippen LogP contribution in [0.25, 0.3) is 33.4 Å². The van der Waals surface area contributed by atoms with E-state index in [0.717, 1.165) is 56.9 Å². The average Bonchev–Trinajstić information content (AvgIpc) is 3.29. The number of hydrogen-bond donors (Lipinski definition) is 0. The molecular formula is C31H31N2O6S2+. The predicted molar refractivity (Wildman–Crippen MR) is 162 cm³/mol. The lowest BCUT2D eigenvalue weighted by molar-refractivity contribution is -0.172. The number of nitrogens with zero attached hydrogens (tertiary/aromatic N) is 2. The first kappa shape index (κ1) is 28.8. The monoisotopic (exact) mass is 591 g/mol. The second kappa shape index (κ2) is 12.4. The molecule has 0 saturated carbocycles. The van der Waals surface area contributed by atoms with Crippen molar-refractivity contribution in [2.75, 3.05) is 26.0 Å². The van der Waals surface area contributed by atoms with Crippen molar-refractivity contribution in [3.63, 3.8) is 0 Å². The topological polar surface area (TPSA) is 89.1 Å². The number of imide groups is 1. The number of carbonyl (C=O) groups excluding carboxylic acids is 3. The van der Waals surface area contributed by atoms with Crippen molar-refractivity contribution in [3.05, 3.63) is 65.5 Å². The van der Waals surface area contributed by atoms with Gasteiger partial charge in [-0.3, -0.25) is 9.59 Å². The van der Waals surface area contributed by atoms with Crippen molar-refractivity contribution < 1.29 is 28.4 Å². The van der Waals surface area contributed by atoms with Gasteiger partial charge in [-0.05, 0) is 62.9 Å². The molecule has 0 unspecified atom stereocenters. The van der Waals surface area contributed by atoms with Crippen molar-refractivity contribution in [2.45, 2.75) is 38.5 Å². The van der Waals surface area contributed by atoms with E-state index in [1.807, 2.05) is 37.4 Å². The molecule has 1 fully saturated rings. The Morgan fingerprint density at radius 1 is 0.951 bits per heavy atom. The Hall–Kier alpha value is -3.76. The molecule has 2 aromatic carbocycles. The van der Waals surface area contributed by atoms with Gasteiger partial charge >= 0.3 is 5.97 Å². The molecule has 41 heavy (non-hydrogen) atoms. The molecule has 0 radical (unpaired) electrons. The van der Waals surface area contributed by atoms with Crippen molar-refractivity contribution in [2.24, 2.45) is 0 Å². The van der Waals surface area contributed by atoms with E-state index in [0.29, 0.717) is 17.3 Å². The molecule has 2 aliphatic heterocycles. The van der Waals surface area contributed by atoms with Gasteiger partial charge in [0.2, 0.25) is 5.36 Å². The summed E-state index contributed by atoms with van der Waals surface area (Å²) in [6.07, 6.45) is 2.04. The second-order valence-corrected chi connectivity index (χ2v) is 11.8. The minimum atomic E-state index is -0.758. The van der Waals surface area contributed by atoms with Crippen LogP contribution in [-0.2, 0) is 14.4 Å². The summed E-state index contributed by atoms with van der Waals surface area (Å²) in [6.45, 7) is 8.48. The smallest absolute Gasteiger partial charge is 0.363 e. The van der Waals surface area contributed by atoms with Crippen molar-refractivity contribution in [1.82, 2.24) is 9.64 Å². The SMILES string of the molecule is CCOc1ccc2c(-c3ccc(C(=O)ON4C(=O)CCC4=O)cc3SSC)c3ccc(=[N+](CC)CC)cc-3oc2c1. The Morgan fingerprint density at radius 2 is 1.68 bits per heavy atom. The summed E-state index contributed by atoms with van der Waals surface area (Å²) in [5.41, 5.74) is 3.75. The first-order chi connectivity index (χ1) is 19.9. The van der Waals surface area contributed by atoms with Gasteiger partial charge in [-0.1, -0.05) is 27.7 Å². The van der Waals surface area contributed by atoms with Crippen LogP contribution in [0.15, 0.2) is 63.9 Å². The number of ether oxygens (including phenoxy) is 1.